The predicted octanol–water partition coefficient (Wildman–Crippen LogP) is -5.25. The molecule has 2 aromatic carbocycles. The summed E-state index contributed by atoms with van der Waals surface area (Å²) >= 11 is 16.8. The number of benzene rings is 2. The van der Waals surface area contributed by atoms with Crippen molar-refractivity contribution in [1.29, 1.82) is 10.7 Å². The van der Waals surface area contributed by atoms with Crippen molar-refractivity contribution in [1.82, 2.24) is 34.7 Å². The average molecular weight is 2420 g/mol. The largest absolute Gasteiger partial charge is 1.00 e. The molecule has 492 valence electrons. The Morgan fingerprint density at radius 3 is 1.16 bits per heavy atom. The number of nitrogens with zero attached hydrogens (tertiary/aromatic N) is 12. The molecule has 0 aliphatic carbocycles. The minimum absolute atomic E-state index is 0. The number of alkyl halides is 3. The fourth-order valence-electron chi connectivity index (χ4n) is 11.8. The van der Waals surface area contributed by atoms with Crippen molar-refractivity contribution in [2.24, 2.45) is 32.9 Å². The van der Waals surface area contributed by atoms with Crippen molar-refractivity contribution in [2.45, 2.75) is 38.5 Å². The number of nitriles is 1. The SMILES string of the molecule is C1CN2CCN1CC2.ICCCI.ICCC[N+]12CCN(CC1)CC2.II.I[I-]I.N#CN=C(N)N.N=C(N=C(N)N)N(CCC[N+]12CCN(CC1)CC2)CCc1ccccc1.[I-].[I-].[I-].c1ccc(CCNCCC[N+]23CCN(CC2)CC3)cc1. The number of halogens is 11. The molecule has 8 bridgehead atoms. The Morgan fingerprint density at radius 1 is 0.518 bits per heavy atom. The normalized spacial score (nSPS) is 25.3. The van der Waals surface area contributed by atoms with Crippen LogP contribution in [0.25, 0.3) is 0 Å². The molecule has 0 atom stereocenters. The summed E-state index contributed by atoms with van der Waals surface area (Å²) in [6.45, 7) is 39.9. The van der Waals surface area contributed by atoms with Crippen LogP contribution >= 0.6 is 142 Å². The van der Waals surface area contributed by atoms with Crippen LogP contribution in [0.5, 0.6) is 0 Å². The molecule has 12 aliphatic rings. The number of aliphatic imine (C=N–C) groups is 2. The van der Waals surface area contributed by atoms with E-state index >= 15 is 0 Å². The van der Waals surface area contributed by atoms with Crippen molar-refractivity contribution in [3.63, 3.8) is 0 Å². The fourth-order valence-corrected chi connectivity index (χ4v) is 14.4. The number of guanidine groups is 3. The van der Waals surface area contributed by atoms with E-state index in [0.29, 0.717) is 13.3 Å². The van der Waals surface area contributed by atoms with E-state index < -0.39 is 0 Å². The van der Waals surface area contributed by atoms with Crippen molar-refractivity contribution in [2.75, 3.05) is 216 Å². The van der Waals surface area contributed by atoms with Crippen LogP contribution in [-0.4, -0.2) is 277 Å². The molecular weight excluding hydrogens is 2320 g/mol. The average Bonchev–Trinajstić information content (AvgIpc) is 3.04. The molecule has 2 aromatic rings. The first-order valence-corrected chi connectivity index (χ1v) is 52.8. The zero-order chi connectivity index (χ0) is 59.7. The second kappa shape index (κ2) is 54.7. The number of nitrogens with two attached hydrogens (primary N) is 4. The van der Waals surface area contributed by atoms with Gasteiger partial charge in [-0.15, -0.1) is 4.99 Å². The summed E-state index contributed by atoms with van der Waals surface area (Å²) in [5, 5.41) is 19.5. The minimum atomic E-state index is -0.197. The Hall–Kier alpha value is 3.61. The second-order valence-electron chi connectivity index (χ2n) is 22.2. The standard InChI is InChI=1S/C19H32N7.C17H28N3.C9H18IN2.C6H12N2.C3H6I2.C2H4N4.I3.I2.3HI/c20-18(21)23-19(22)25(9-7-17-5-2-1-3-6-17)8-4-13-26-14-10-24(11-15-26)12-16-26;1-2-5-17(6-3-1)7-9-18-8-4-13-20-14-10-19(11-15-20)12-16-20;10-2-1-6-12-7-3-11(4-8-12)5-9-12;1-2-8-5-3-7(1)4-6-8;4-2-1-3-5;3-1-6-2(4)5;1-3-2;1-2;;;/h1-3,5-6H,4,7-16H2,(H5,20,21,22,23);1-3,5-6,18H,4,7-16H2;1-9H2;1-6H2;1-3H2;(H4,4,5,6);;;3*1H/q3*+1;;;;-1;;;;/p-3. The number of nitrogens with one attached hydrogen (secondary N) is 2. The van der Waals surface area contributed by atoms with Gasteiger partial charge >= 0.3 is 50.5 Å². The summed E-state index contributed by atoms with van der Waals surface area (Å²) in [7, 11) is 0. The molecule has 10 N–H and O–H groups in total. The number of quaternary nitrogens is 3. The number of hydrogen-bond acceptors (Lipinski definition) is 9. The maximum atomic E-state index is 8.23. The second-order valence-corrected chi connectivity index (χ2v) is 41.6. The first-order chi connectivity index (χ1) is 39.8. The minimum Gasteiger partial charge on any atom is -1.00 e. The monoisotopic (exact) mass is 2420 g/mol. The number of fused-ring (bicyclic) bond motifs is 12. The van der Waals surface area contributed by atoms with Gasteiger partial charge in [-0.3, -0.25) is 29.9 Å². The zero-order valence-electron chi connectivity index (χ0n) is 49.9. The van der Waals surface area contributed by atoms with Gasteiger partial charge in [-0.25, -0.2) is 0 Å². The van der Waals surface area contributed by atoms with Gasteiger partial charge in [0.25, 0.3) is 0 Å². The number of piperazine rings is 12. The van der Waals surface area contributed by atoms with Crippen LogP contribution in [0.1, 0.15) is 36.8 Å². The predicted molar refractivity (Wildman–Crippen MR) is 402 cm³/mol. The molecule has 14 rings (SSSR count). The summed E-state index contributed by atoms with van der Waals surface area (Å²) in [5.74, 6) is -0.0735. The Morgan fingerprint density at radius 2 is 0.859 bits per heavy atom. The molecule has 0 unspecified atom stereocenters. The van der Waals surface area contributed by atoms with E-state index in [1.165, 1.54) is 247 Å². The maximum absolute atomic E-state index is 8.23. The Kier molecular flexibility index (Phi) is 57.0. The van der Waals surface area contributed by atoms with E-state index in [4.69, 9.17) is 33.6 Å². The zero-order valence-corrected chi connectivity index (χ0v) is 73.6. The topological polar surface area (TPSA) is 208 Å². The molecule has 0 radical (unpaired) electrons. The fraction of sp³-hybridized carbons (Fsp3) is 0.714. The molecule has 12 saturated heterocycles. The maximum Gasteiger partial charge on any atom is 0.221 e. The van der Waals surface area contributed by atoms with E-state index in [9.17, 15) is 0 Å². The van der Waals surface area contributed by atoms with Gasteiger partial charge in [0.15, 0.2) is 5.96 Å². The summed E-state index contributed by atoms with van der Waals surface area (Å²) in [6, 6.07) is 21.1. The van der Waals surface area contributed by atoms with E-state index in [2.05, 4.69) is 225 Å². The van der Waals surface area contributed by atoms with Gasteiger partial charge in [0.1, 0.15) is 0 Å². The molecule has 29 heteroatoms. The van der Waals surface area contributed by atoms with Gasteiger partial charge in [0.2, 0.25) is 18.1 Å². The van der Waals surface area contributed by atoms with Gasteiger partial charge < -0.3 is 119 Å². The van der Waals surface area contributed by atoms with Gasteiger partial charge in [0.05, 0.1) is 78.5 Å². The van der Waals surface area contributed by atoms with E-state index in [1.54, 1.807) is 0 Å². The van der Waals surface area contributed by atoms with Gasteiger partial charge in [-0.05, 0) is 36.9 Å². The molecule has 0 aromatic heterocycles. The van der Waals surface area contributed by atoms with Crippen molar-refractivity contribution < 1.29 is 98.6 Å². The van der Waals surface area contributed by atoms with Gasteiger partial charge in [-0.2, -0.15) is 10.3 Å². The van der Waals surface area contributed by atoms with Crippen molar-refractivity contribution in [3.8, 4) is 6.19 Å². The molecule has 0 saturated carbocycles. The van der Waals surface area contributed by atoms with Crippen LogP contribution in [0, 0.1) is 16.9 Å². The van der Waals surface area contributed by atoms with Crippen LogP contribution in [-0.2, 0) is 12.8 Å². The number of hydrogen-bond donors (Lipinski definition) is 6. The Balaban J connectivity index is 0.00000106. The summed E-state index contributed by atoms with van der Waals surface area (Å²) in [4.78, 5) is 21.8. The van der Waals surface area contributed by atoms with Gasteiger partial charge in [0, 0.05) is 188 Å². The molecule has 0 amide bonds. The van der Waals surface area contributed by atoms with Crippen molar-refractivity contribution in [3.05, 3.63) is 71.8 Å². The third kappa shape index (κ3) is 38.8. The molecule has 12 aliphatic heterocycles. The molecule has 18 nitrogen and oxygen atoms in total. The van der Waals surface area contributed by atoms with Crippen LogP contribution in [0.2, 0.25) is 0 Å². The van der Waals surface area contributed by atoms with Crippen LogP contribution in [0.3, 0.4) is 0 Å². The van der Waals surface area contributed by atoms with E-state index in [0.717, 1.165) is 38.9 Å². The molecule has 12 fully saturated rings. The summed E-state index contributed by atoms with van der Waals surface area (Å²) < 4.78 is 8.04. The Bertz CT molecular complexity index is 1970. The van der Waals surface area contributed by atoms with Crippen LogP contribution < -0.4 is 113 Å². The van der Waals surface area contributed by atoms with E-state index in [-0.39, 0.29) is 89.8 Å². The first kappa shape index (κ1) is 88.6. The third-order valence-electron chi connectivity index (χ3n) is 17.0. The summed E-state index contributed by atoms with van der Waals surface area (Å²) in [5.41, 5.74) is 23.1. The van der Waals surface area contributed by atoms with E-state index in [1.807, 2.05) is 23.1 Å². The first-order valence-electron chi connectivity index (χ1n) is 29.4. The summed E-state index contributed by atoms with van der Waals surface area (Å²) in [6.07, 6.45) is 8.62. The van der Waals surface area contributed by atoms with Crippen LogP contribution in [0.15, 0.2) is 70.6 Å². The van der Waals surface area contributed by atoms with Crippen LogP contribution in [0.4, 0.5) is 0 Å². The molecule has 12 heterocycles. The molecule has 85 heavy (non-hydrogen) atoms. The Labute approximate surface area is 659 Å². The third-order valence-corrected chi connectivity index (χ3v) is 19.2. The quantitative estimate of drug-likeness (QED) is 0.0149. The number of rotatable bonds is 19. The van der Waals surface area contributed by atoms with Crippen molar-refractivity contribution >= 4 is 160 Å². The molecule has 0 spiro atoms. The van der Waals surface area contributed by atoms with Gasteiger partial charge in [-0.1, -0.05) is 128 Å². The smallest absolute Gasteiger partial charge is 0.221 e. The molecular formula is C56H100I11N18-.